The molecule has 3 rings (SSSR count). The number of carboxylic acid groups (broad SMARTS) is 1. The van der Waals surface area contributed by atoms with Gasteiger partial charge in [-0.15, -0.1) is 0 Å². The predicted molar refractivity (Wildman–Crippen MR) is 105 cm³/mol. The minimum atomic E-state index is -0.979. The summed E-state index contributed by atoms with van der Waals surface area (Å²) >= 11 is 0. The molecule has 1 atom stereocenters. The Balaban J connectivity index is 1.83. The summed E-state index contributed by atoms with van der Waals surface area (Å²) in [6, 6.07) is 25.3. The lowest BCUT2D eigenvalue weighted by Gasteiger charge is -2.19. The molecule has 0 heterocycles. The smallest absolute Gasteiger partial charge is 0.335 e. The van der Waals surface area contributed by atoms with E-state index < -0.39 is 5.97 Å². The molecule has 1 unspecified atom stereocenters. The van der Waals surface area contributed by atoms with Gasteiger partial charge in [-0.25, -0.2) is 4.79 Å². The van der Waals surface area contributed by atoms with Gasteiger partial charge in [-0.1, -0.05) is 72.8 Å². The van der Waals surface area contributed by atoms with Crippen LogP contribution in [0, 0.1) is 0 Å². The van der Waals surface area contributed by atoms with Crippen molar-refractivity contribution >= 4 is 18.0 Å². The quantitative estimate of drug-likeness (QED) is 0.646. The number of carbonyl (C=O) groups excluding carboxylic acids is 1. The second kappa shape index (κ2) is 8.63. The maximum atomic E-state index is 12.5. The molecule has 0 aliphatic heterocycles. The minimum absolute atomic E-state index is 0.209. The number of amides is 1. The molecular formula is C23H19NO3. The van der Waals surface area contributed by atoms with E-state index in [1.807, 2.05) is 60.7 Å². The lowest BCUT2D eigenvalue weighted by atomic mass is 9.97. The molecule has 0 spiro atoms. The van der Waals surface area contributed by atoms with Crippen LogP contribution in [-0.2, 0) is 4.79 Å². The minimum Gasteiger partial charge on any atom is -0.478 e. The van der Waals surface area contributed by atoms with Gasteiger partial charge in [0.15, 0.2) is 0 Å². The summed E-state index contributed by atoms with van der Waals surface area (Å²) in [7, 11) is 0. The van der Waals surface area contributed by atoms with Crippen LogP contribution in [0.1, 0.15) is 33.1 Å². The lowest BCUT2D eigenvalue weighted by Crippen LogP contribution is -2.27. The summed E-state index contributed by atoms with van der Waals surface area (Å²) in [5, 5.41) is 12.1. The SMILES string of the molecule is O=C(C=Cc1ccccc1)NC(c1ccccc1)c1ccc(C(=O)O)cc1. The van der Waals surface area contributed by atoms with Crippen molar-refractivity contribution in [1.82, 2.24) is 5.32 Å². The van der Waals surface area contributed by atoms with E-state index in [0.717, 1.165) is 16.7 Å². The van der Waals surface area contributed by atoms with E-state index >= 15 is 0 Å². The van der Waals surface area contributed by atoms with Crippen molar-refractivity contribution in [2.45, 2.75) is 6.04 Å². The maximum Gasteiger partial charge on any atom is 0.335 e. The van der Waals surface area contributed by atoms with Crippen LogP contribution in [0.2, 0.25) is 0 Å². The van der Waals surface area contributed by atoms with Crippen molar-refractivity contribution in [1.29, 1.82) is 0 Å². The van der Waals surface area contributed by atoms with Crippen LogP contribution < -0.4 is 5.32 Å². The predicted octanol–water partition coefficient (Wildman–Crippen LogP) is 4.30. The number of carbonyl (C=O) groups is 2. The molecule has 0 bridgehead atoms. The zero-order chi connectivity index (χ0) is 19.1. The van der Waals surface area contributed by atoms with Gasteiger partial charge in [0.1, 0.15) is 0 Å². The molecule has 0 saturated heterocycles. The Hall–Kier alpha value is -3.66. The van der Waals surface area contributed by atoms with Crippen LogP contribution in [0.15, 0.2) is 91.0 Å². The summed E-state index contributed by atoms with van der Waals surface area (Å²) in [6.45, 7) is 0. The Morgan fingerprint density at radius 1 is 0.778 bits per heavy atom. The number of aromatic carboxylic acids is 1. The second-order valence-corrected chi connectivity index (χ2v) is 6.02. The number of hydrogen-bond acceptors (Lipinski definition) is 2. The van der Waals surface area contributed by atoms with Gasteiger partial charge >= 0.3 is 5.97 Å². The highest BCUT2D eigenvalue weighted by Gasteiger charge is 2.16. The maximum absolute atomic E-state index is 12.5. The Morgan fingerprint density at radius 2 is 1.33 bits per heavy atom. The molecule has 0 aromatic heterocycles. The molecule has 2 N–H and O–H groups in total. The number of carboxylic acids is 1. The third-order valence-electron chi connectivity index (χ3n) is 4.14. The summed E-state index contributed by atoms with van der Waals surface area (Å²) in [4.78, 5) is 23.5. The second-order valence-electron chi connectivity index (χ2n) is 6.02. The van der Waals surface area contributed by atoms with Gasteiger partial charge in [0.25, 0.3) is 0 Å². The molecule has 1 amide bonds. The highest BCUT2D eigenvalue weighted by molar-refractivity contribution is 5.92. The van der Waals surface area contributed by atoms with Crippen molar-refractivity contribution in [2.75, 3.05) is 0 Å². The van der Waals surface area contributed by atoms with E-state index in [2.05, 4.69) is 5.32 Å². The summed E-state index contributed by atoms with van der Waals surface area (Å²) < 4.78 is 0. The highest BCUT2D eigenvalue weighted by atomic mass is 16.4. The fraction of sp³-hybridized carbons (Fsp3) is 0.0435. The monoisotopic (exact) mass is 357 g/mol. The normalized spacial score (nSPS) is 11.9. The van der Waals surface area contributed by atoms with Crippen molar-refractivity contribution < 1.29 is 14.7 Å². The number of nitrogens with one attached hydrogen (secondary N) is 1. The molecule has 0 radical (unpaired) electrons. The topological polar surface area (TPSA) is 66.4 Å². The first-order valence-electron chi connectivity index (χ1n) is 8.55. The standard InChI is InChI=1S/C23H19NO3/c25-21(16-11-17-7-3-1-4-8-17)24-22(18-9-5-2-6-10-18)19-12-14-20(15-13-19)23(26)27/h1-16,22H,(H,24,25)(H,26,27). The van der Waals surface area contributed by atoms with Crippen molar-refractivity contribution in [3.05, 3.63) is 113 Å². The zero-order valence-corrected chi connectivity index (χ0v) is 14.6. The van der Waals surface area contributed by atoms with E-state index in [0.29, 0.717) is 0 Å². The zero-order valence-electron chi connectivity index (χ0n) is 14.6. The van der Waals surface area contributed by atoms with E-state index in [-0.39, 0.29) is 17.5 Å². The Labute approximate surface area is 157 Å². The summed E-state index contributed by atoms with van der Waals surface area (Å²) in [5.74, 6) is -1.21. The first-order chi connectivity index (χ1) is 13.1. The van der Waals surface area contributed by atoms with Crippen molar-refractivity contribution in [3.63, 3.8) is 0 Å². The number of hydrogen-bond donors (Lipinski definition) is 2. The van der Waals surface area contributed by atoms with E-state index in [1.165, 1.54) is 6.08 Å². The number of rotatable bonds is 6. The summed E-state index contributed by atoms with van der Waals surface area (Å²) in [5.41, 5.74) is 2.88. The van der Waals surface area contributed by atoms with E-state index in [1.54, 1.807) is 30.3 Å². The molecule has 134 valence electrons. The van der Waals surface area contributed by atoms with Crippen LogP contribution in [0.25, 0.3) is 6.08 Å². The van der Waals surface area contributed by atoms with Crippen LogP contribution >= 0.6 is 0 Å². The molecule has 27 heavy (non-hydrogen) atoms. The average Bonchev–Trinajstić information content (AvgIpc) is 2.72. The third kappa shape index (κ3) is 4.92. The lowest BCUT2D eigenvalue weighted by molar-refractivity contribution is -0.116. The van der Waals surface area contributed by atoms with E-state index in [4.69, 9.17) is 5.11 Å². The average molecular weight is 357 g/mol. The number of benzene rings is 3. The Bertz CT molecular complexity index is 932. The molecule has 0 aliphatic carbocycles. The van der Waals surface area contributed by atoms with Gasteiger partial charge in [0.05, 0.1) is 11.6 Å². The fourth-order valence-electron chi connectivity index (χ4n) is 2.75. The molecule has 4 nitrogen and oxygen atoms in total. The molecule has 3 aromatic carbocycles. The first-order valence-corrected chi connectivity index (χ1v) is 8.55. The molecular weight excluding hydrogens is 338 g/mol. The third-order valence-corrected chi connectivity index (χ3v) is 4.14. The van der Waals surface area contributed by atoms with Crippen molar-refractivity contribution in [2.24, 2.45) is 0 Å². The molecule has 4 heteroatoms. The molecule has 3 aromatic rings. The largest absolute Gasteiger partial charge is 0.478 e. The Kier molecular flexibility index (Phi) is 5.80. The molecule has 0 aliphatic rings. The highest BCUT2D eigenvalue weighted by Crippen LogP contribution is 2.22. The van der Waals surface area contributed by atoms with Gasteiger partial charge in [0.2, 0.25) is 5.91 Å². The van der Waals surface area contributed by atoms with E-state index in [9.17, 15) is 9.59 Å². The molecule has 0 saturated carbocycles. The van der Waals surface area contributed by atoms with Crippen LogP contribution in [0.3, 0.4) is 0 Å². The van der Waals surface area contributed by atoms with Gasteiger partial charge < -0.3 is 10.4 Å². The Morgan fingerprint density at radius 3 is 1.93 bits per heavy atom. The van der Waals surface area contributed by atoms with Gasteiger partial charge in [-0.2, -0.15) is 0 Å². The van der Waals surface area contributed by atoms with Gasteiger partial charge in [0, 0.05) is 6.08 Å². The summed E-state index contributed by atoms with van der Waals surface area (Å²) in [6.07, 6.45) is 3.25. The van der Waals surface area contributed by atoms with Crippen LogP contribution in [0.5, 0.6) is 0 Å². The van der Waals surface area contributed by atoms with Crippen molar-refractivity contribution in [3.8, 4) is 0 Å². The van der Waals surface area contributed by atoms with Crippen LogP contribution in [0.4, 0.5) is 0 Å². The van der Waals surface area contributed by atoms with Gasteiger partial charge in [-0.05, 0) is 34.9 Å². The van der Waals surface area contributed by atoms with Gasteiger partial charge in [-0.3, -0.25) is 4.79 Å². The fourth-order valence-corrected chi connectivity index (χ4v) is 2.75. The first kappa shape index (κ1) is 18.1. The van der Waals surface area contributed by atoms with Crippen LogP contribution in [-0.4, -0.2) is 17.0 Å². The molecule has 0 fully saturated rings.